The summed E-state index contributed by atoms with van der Waals surface area (Å²) in [5.41, 5.74) is -0.165. The molecule has 0 saturated carbocycles. The van der Waals surface area contributed by atoms with Gasteiger partial charge >= 0.3 is 0 Å². The lowest BCUT2D eigenvalue weighted by molar-refractivity contribution is 0.590. The molecule has 0 aromatic heterocycles. The first-order chi connectivity index (χ1) is 7.90. The number of hydrogen-bond acceptors (Lipinski definition) is 3. The molecule has 7 heteroatoms. The van der Waals surface area contributed by atoms with E-state index in [1.165, 1.54) is 12.1 Å². The second-order valence-corrected chi connectivity index (χ2v) is 6.08. The number of anilines is 1. The zero-order chi connectivity index (χ0) is 13.1. The van der Waals surface area contributed by atoms with E-state index >= 15 is 0 Å². The average Bonchev–Trinajstić information content (AvgIpc) is 2.23. The van der Waals surface area contributed by atoms with Gasteiger partial charge in [-0.1, -0.05) is 22.9 Å². The minimum atomic E-state index is -3.88. The van der Waals surface area contributed by atoms with Crippen LogP contribution in [0.5, 0.6) is 0 Å². The van der Waals surface area contributed by atoms with Gasteiger partial charge in [0.1, 0.15) is 5.82 Å². The van der Waals surface area contributed by atoms with Gasteiger partial charge in [-0.2, -0.15) is 5.26 Å². The van der Waals surface area contributed by atoms with Crippen molar-refractivity contribution in [3.63, 3.8) is 0 Å². The van der Waals surface area contributed by atoms with Crippen LogP contribution in [-0.2, 0) is 10.0 Å². The Morgan fingerprint density at radius 3 is 2.71 bits per heavy atom. The van der Waals surface area contributed by atoms with Crippen molar-refractivity contribution in [3.05, 3.63) is 28.5 Å². The van der Waals surface area contributed by atoms with Gasteiger partial charge in [0.25, 0.3) is 0 Å². The molecule has 4 nitrogen and oxygen atoms in total. The largest absolute Gasteiger partial charge is 0.279 e. The Morgan fingerprint density at radius 2 is 2.24 bits per heavy atom. The third-order valence-corrected chi connectivity index (χ3v) is 4.26. The Morgan fingerprint density at radius 1 is 1.59 bits per heavy atom. The number of halogens is 2. The zero-order valence-electron chi connectivity index (χ0n) is 8.94. The monoisotopic (exact) mass is 320 g/mol. The van der Waals surface area contributed by atoms with E-state index in [4.69, 9.17) is 5.26 Å². The number of nitrogens with one attached hydrogen (secondary N) is 1. The Bertz CT molecular complexity index is 554. The number of nitriles is 1. The highest BCUT2D eigenvalue weighted by Crippen LogP contribution is 2.21. The summed E-state index contributed by atoms with van der Waals surface area (Å²) in [4.78, 5) is 0. The summed E-state index contributed by atoms with van der Waals surface area (Å²) >= 11 is 3.06. The van der Waals surface area contributed by atoms with E-state index in [0.717, 1.165) is 6.07 Å². The number of nitrogens with zero attached hydrogens (tertiary/aromatic N) is 1. The van der Waals surface area contributed by atoms with Gasteiger partial charge in [-0.15, -0.1) is 0 Å². The molecular weight excluding hydrogens is 311 g/mol. The van der Waals surface area contributed by atoms with Gasteiger partial charge in [0, 0.05) is 4.47 Å². The van der Waals surface area contributed by atoms with Gasteiger partial charge in [0.05, 0.1) is 11.8 Å². The summed E-state index contributed by atoms with van der Waals surface area (Å²) in [6.45, 7) is 1.57. The quantitative estimate of drug-likeness (QED) is 0.927. The third kappa shape index (κ3) is 3.41. The highest BCUT2D eigenvalue weighted by molar-refractivity contribution is 9.10. The maximum absolute atomic E-state index is 13.4. The van der Waals surface area contributed by atoms with Gasteiger partial charge in [0.2, 0.25) is 10.0 Å². The molecule has 92 valence electrons. The fourth-order valence-corrected chi connectivity index (χ4v) is 2.70. The van der Waals surface area contributed by atoms with Crippen LogP contribution in [0.3, 0.4) is 0 Å². The van der Waals surface area contributed by atoms with E-state index in [0.29, 0.717) is 4.47 Å². The Balaban J connectivity index is 3.03. The van der Waals surface area contributed by atoms with E-state index < -0.39 is 21.1 Å². The van der Waals surface area contributed by atoms with Gasteiger partial charge in [-0.25, -0.2) is 12.8 Å². The van der Waals surface area contributed by atoms with Crippen molar-refractivity contribution in [3.8, 4) is 6.07 Å². The number of hydrogen-bond donors (Lipinski definition) is 1. The van der Waals surface area contributed by atoms with Crippen molar-refractivity contribution < 1.29 is 12.8 Å². The van der Waals surface area contributed by atoms with E-state index in [2.05, 4.69) is 20.7 Å². The molecule has 1 N–H and O–H groups in total. The molecule has 0 fully saturated rings. The van der Waals surface area contributed by atoms with Crippen molar-refractivity contribution in [1.82, 2.24) is 0 Å². The van der Waals surface area contributed by atoms with Gasteiger partial charge in [0.15, 0.2) is 5.25 Å². The van der Waals surface area contributed by atoms with Crippen LogP contribution in [0.4, 0.5) is 10.1 Å². The predicted octanol–water partition coefficient (Wildman–Crippen LogP) is 2.63. The minimum absolute atomic E-state index is 0.143. The van der Waals surface area contributed by atoms with Crippen LogP contribution in [-0.4, -0.2) is 13.7 Å². The molecular formula is C10H10BrFN2O2S. The average molecular weight is 321 g/mol. The van der Waals surface area contributed by atoms with Crippen LogP contribution in [0, 0.1) is 17.1 Å². The normalized spacial score (nSPS) is 12.8. The number of rotatable bonds is 4. The molecule has 1 unspecified atom stereocenters. The summed E-state index contributed by atoms with van der Waals surface area (Å²) < 4.78 is 39.4. The fourth-order valence-electron chi connectivity index (χ4n) is 1.18. The second-order valence-electron chi connectivity index (χ2n) is 3.30. The smallest absolute Gasteiger partial charge is 0.249 e. The molecule has 1 aromatic rings. The van der Waals surface area contributed by atoms with Crippen LogP contribution in [0.1, 0.15) is 13.3 Å². The lowest BCUT2D eigenvalue weighted by atomic mass is 10.3. The standard InChI is InChI=1S/C10H10BrFN2O2S/c1-2-8(6-13)17(15,16)14-10-4-3-7(11)5-9(10)12/h3-5,8,14H,2H2,1H3. The maximum Gasteiger partial charge on any atom is 0.249 e. The Hall–Kier alpha value is -1.13. The minimum Gasteiger partial charge on any atom is -0.279 e. The second kappa shape index (κ2) is 5.47. The Labute approximate surface area is 108 Å². The van der Waals surface area contributed by atoms with Crippen LogP contribution < -0.4 is 4.72 Å². The van der Waals surface area contributed by atoms with Gasteiger partial charge in [-0.05, 0) is 24.6 Å². The first kappa shape index (κ1) is 13.9. The number of sulfonamides is 1. The van der Waals surface area contributed by atoms with Crippen LogP contribution >= 0.6 is 15.9 Å². The lowest BCUT2D eigenvalue weighted by Gasteiger charge is -2.11. The molecule has 1 aromatic carbocycles. The van der Waals surface area contributed by atoms with Crippen molar-refractivity contribution in [2.75, 3.05) is 4.72 Å². The highest BCUT2D eigenvalue weighted by Gasteiger charge is 2.24. The van der Waals surface area contributed by atoms with Crippen molar-refractivity contribution in [2.24, 2.45) is 0 Å². The van der Waals surface area contributed by atoms with Crippen molar-refractivity contribution in [1.29, 1.82) is 5.26 Å². The molecule has 0 saturated heterocycles. The zero-order valence-corrected chi connectivity index (χ0v) is 11.3. The van der Waals surface area contributed by atoms with E-state index in [9.17, 15) is 12.8 Å². The molecule has 0 amide bonds. The first-order valence-corrected chi connectivity index (χ1v) is 7.11. The SMILES string of the molecule is CCC(C#N)S(=O)(=O)Nc1ccc(Br)cc1F. The molecule has 0 heterocycles. The van der Waals surface area contributed by atoms with E-state index in [1.807, 2.05) is 0 Å². The summed E-state index contributed by atoms with van der Waals surface area (Å²) in [6, 6.07) is 5.61. The fraction of sp³-hybridized carbons (Fsp3) is 0.300. The molecule has 0 aliphatic carbocycles. The molecule has 0 spiro atoms. The molecule has 1 rings (SSSR count). The highest BCUT2D eigenvalue weighted by atomic mass is 79.9. The topological polar surface area (TPSA) is 70.0 Å². The molecule has 0 aliphatic heterocycles. The van der Waals surface area contributed by atoms with Crippen LogP contribution in [0.25, 0.3) is 0 Å². The summed E-state index contributed by atoms with van der Waals surface area (Å²) in [5.74, 6) is -0.698. The third-order valence-electron chi connectivity index (χ3n) is 2.07. The van der Waals surface area contributed by atoms with Gasteiger partial charge in [-0.3, -0.25) is 4.72 Å². The van der Waals surface area contributed by atoms with Crippen molar-refractivity contribution >= 4 is 31.6 Å². The molecule has 0 aliphatic rings. The molecule has 17 heavy (non-hydrogen) atoms. The van der Waals surface area contributed by atoms with E-state index in [-0.39, 0.29) is 12.1 Å². The number of benzene rings is 1. The van der Waals surface area contributed by atoms with Gasteiger partial charge < -0.3 is 0 Å². The van der Waals surface area contributed by atoms with Crippen LogP contribution in [0.15, 0.2) is 22.7 Å². The summed E-state index contributed by atoms with van der Waals surface area (Å²) in [7, 11) is -3.88. The summed E-state index contributed by atoms with van der Waals surface area (Å²) in [6.07, 6.45) is 0.143. The first-order valence-electron chi connectivity index (χ1n) is 4.77. The predicted molar refractivity (Wildman–Crippen MR) is 66.3 cm³/mol. The molecule has 0 bridgehead atoms. The van der Waals surface area contributed by atoms with E-state index in [1.54, 1.807) is 13.0 Å². The van der Waals surface area contributed by atoms with Crippen LogP contribution in [0.2, 0.25) is 0 Å². The van der Waals surface area contributed by atoms with Crippen molar-refractivity contribution in [2.45, 2.75) is 18.6 Å². The maximum atomic E-state index is 13.4. The molecule has 1 atom stereocenters. The Kier molecular flexibility index (Phi) is 4.48. The molecule has 0 radical (unpaired) electrons. The summed E-state index contributed by atoms with van der Waals surface area (Å²) in [5, 5.41) is 7.49. The lowest BCUT2D eigenvalue weighted by Crippen LogP contribution is -2.26.